The van der Waals surface area contributed by atoms with E-state index < -0.39 is 0 Å². The first kappa shape index (κ1) is 17.5. The van der Waals surface area contributed by atoms with E-state index in [1.807, 2.05) is 24.3 Å². The molecule has 0 fully saturated rings. The van der Waals surface area contributed by atoms with Crippen molar-refractivity contribution in [3.8, 4) is 11.5 Å². The van der Waals surface area contributed by atoms with Gasteiger partial charge in [-0.2, -0.15) is 5.10 Å². The average molecular weight is 326 g/mol. The van der Waals surface area contributed by atoms with Crippen molar-refractivity contribution in [1.29, 1.82) is 0 Å². The molecular weight excluding hydrogens is 304 g/mol. The fraction of sp³-hybridized carbons (Fsp3) is 0.263. The molecule has 0 spiro atoms. The Bertz CT molecular complexity index is 713. The van der Waals surface area contributed by atoms with Crippen LogP contribution in [-0.2, 0) is 4.79 Å². The SMILES string of the molecule is CCC(C)c1ccccc1OCC(=O)N/N=C/c1ccccc1O. The van der Waals surface area contributed by atoms with E-state index in [1.165, 1.54) is 6.21 Å². The predicted molar refractivity (Wildman–Crippen MR) is 94.5 cm³/mol. The molecule has 0 aliphatic heterocycles. The van der Waals surface area contributed by atoms with Crippen LogP contribution in [0.5, 0.6) is 11.5 Å². The molecule has 126 valence electrons. The molecule has 1 amide bonds. The molecule has 0 radical (unpaired) electrons. The summed E-state index contributed by atoms with van der Waals surface area (Å²) in [5, 5.41) is 13.4. The Morgan fingerprint density at radius 3 is 2.71 bits per heavy atom. The first-order valence-electron chi connectivity index (χ1n) is 7.93. The van der Waals surface area contributed by atoms with Gasteiger partial charge in [0.05, 0.1) is 6.21 Å². The summed E-state index contributed by atoms with van der Waals surface area (Å²) in [5.41, 5.74) is 4.00. The molecule has 0 heterocycles. The van der Waals surface area contributed by atoms with E-state index >= 15 is 0 Å². The molecule has 2 aromatic carbocycles. The smallest absolute Gasteiger partial charge is 0.277 e. The third-order valence-electron chi connectivity index (χ3n) is 3.75. The molecule has 24 heavy (non-hydrogen) atoms. The normalized spacial score (nSPS) is 12.1. The highest BCUT2D eigenvalue weighted by Crippen LogP contribution is 2.28. The molecule has 1 unspecified atom stereocenters. The highest BCUT2D eigenvalue weighted by molar-refractivity contribution is 5.85. The zero-order valence-electron chi connectivity index (χ0n) is 13.9. The highest BCUT2D eigenvalue weighted by atomic mass is 16.5. The van der Waals surface area contributed by atoms with Gasteiger partial charge in [0, 0.05) is 5.56 Å². The quantitative estimate of drug-likeness (QED) is 0.605. The number of ether oxygens (including phenoxy) is 1. The number of rotatable bonds is 7. The number of benzene rings is 2. The van der Waals surface area contributed by atoms with Gasteiger partial charge in [-0.05, 0) is 36.1 Å². The number of amides is 1. The molecule has 0 aliphatic rings. The number of phenols is 1. The summed E-state index contributed by atoms with van der Waals surface area (Å²) in [6, 6.07) is 14.5. The summed E-state index contributed by atoms with van der Waals surface area (Å²) < 4.78 is 5.61. The number of hydrogen-bond acceptors (Lipinski definition) is 4. The van der Waals surface area contributed by atoms with Gasteiger partial charge in [-0.25, -0.2) is 5.43 Å². The molecule has 2 N–H and O–H groups in total. The number of carbonyl (C=O) groups excluding carboxylic acids is 1. The van der Waals surface area contributed by atoms with Crippen LogP contribution in [0, 0.1) is 0 Å². The lowest BCUT2D eigenvalue weighted by Gasteiger charge is -2.15. The molecule has 2 rings (SSSR count). The van der Waals surface area contributed by atoms with Gasteiger partial charge >= 0.3 is 0 Å². The largest absolute Gasteiger partial charge is 0.507 e. The number of nitrogens with one attached hydrogen (secondary N) is 1. The van der Waals surface area contributed by atoms with Crippen LogP contribution >= 0.6 is 0 Å². The van der Waals surface area contributed by atoms with Crippen molar-refractivity contribution < 1.29 is 14.6 Å². The summed E-state index contributed by atoms with van der Waals surface area (Å²) >= 11 is 0. The Labute approximate surface area is 142 Å². The minimum atomic E-state index is -0.361. The van der Waals surface area contributed by atoms with Crippen LogP contribution < -0.4 is 10.2 Å². The predicted octanol–water partition coefficient (Wildman–Crippen LogP) is 3.43. The molecule has 5 nitrogen and oxygen atoms in total. The summed E-state index contributed by atoms with van der Waals surface area (Å²) in [4.78, 5) is 11.8. The molecule has 0 aliphatic carbocycles. The van der Waals surface area contributed by atoms with Crippen LogP contribution in [0.2, 0.25) is 0 Å². The second kappa shape index (κ2) is 8.72. The first-order chi connectivity index (χ1) is 11.6. The number of phenolic OH excluding ortho intramolecular Hbond substituents is 1. The van der Waals surface area contributed by atoms with Crippen LogP contribution in [0.25, 0.3) is 0 Å². The number of para-hydroxylation sites is 2. The maximum absolute atomic E-state index is 11.8. The Morgan fingerprint density at radius 2 is 1.96 bits per heavy atom. The van der Waals surface area contributed by atoms with E-state index in [0.717, 1.165) is 12.0 Å². The van der Waals surface area contributed by atoms with Crippen molar-refractivity contribution in [2.24, 2.45) is 5.10 Å². The maximum Gasteiger partial charge on any atom is 0.277 e. The van der Waals surface area contributed by atoms with Gasteiger partial charge in [0.15, 0.2) is 6.61 Å². The number of carbonyl (C=O) groups is 1. The van der Waals surface area contributed by atoms with E-state index in [4.69, 9.17) is 4.74 Å². The second-order valence-electron chi connectivity index (χ2n) is 5.49. The van der Waals surface area contributed by atoms with Crippen LogP contribution in [0.1, 0.15) is 37.3 Å². The molecule has 0 saturated carbocycles. The van der Waals surface area contributed by atoms with E-state index in [-0.39, 0.29) is 18.3 Å². The second-order valence-corrected chi connectivity index (χ2v) is 5.49. The molecular formula is C19H22N2O3. The van der Waals surface area contributed by atoms with E-state index in [2.05, 4.69) is 24.4 Å². The Morgan fingerprint density at radius 1 is 1.25 bits per heavy atom. The Kier molecular flexibility index (Phi) is 6.37. The third-order valence-corrected chi connectivity index (χ3v) is 3.75. The van der Waals surface area contributed by atoms with Gasteiger partial charge in [0.2, 0.25) is 0 Å². The average Bonchev–Trinajstić information content (AvgIpc) is 2.61. The fourth-order valence-electron chi connectivity index (χ4n) is 2.19. The zero-order chi connectivity index (χ0) is 17.4. The molecule has 0 bridgehead atoms. The van der Waals surface area contributed by atoms with Gasteiger partial charge in [-0.3, -0.25) is 4.79 Å². The van der Waals surface area contributed by atoms with Crippen LogP contribution in [0.15, 0.2) is 53.6 Å². The van der Waals surface area contributed by atoms with Gasteiger partial charge < -0.3 is 9.84 Å². The first-order valence-corrected chi connectivity index (χ1v) is 7.93. The topological polar surface area (TPSA) is 70.9 Å². The Balaban J connectivity index is 1.89. The van der Waals surface area contributed by atoms with Crippen molar-refractivity contribution in [2.45, 2.75) is 26.2 Å². The molecule has 5 heteroatoms. The number of aromatic hydroxyl groups is 1. The molecule has 0 saturated heterocycles. The minimum Gasteiger partial charge on any atom is -0.507 e. The fourth-order valence-corrected chi connectivity index (χ4v) is 2.19. The van der Waals surface area contributed by atoms with Crippen molar-refractivity contribution >= 4 is 12.1 Å². The summed E-state index contributed by atoms with van der Waals surface area (Å²) in [7, 11) is 0. The lowest BCUT2D eigenvalue weighted by atomic mass is 9.98. The lowest BCUT2D eigenvalue weighted by molar-refractivity contribution is -0.123. The molecule has 2 aromatic rings. The standard InChI is InChI=1S/C19H22N2O3/c1-3-14(2)16-9-5-7-11-18(16)24-13-19(23)21-20-12-15-8-4-6-10-17(15)22/h4-12,14,22H,3,13H2,1-2H3,(H,21,23)/b20-12+. The molecule has 1 atom stereocenters. The number of nitrogens with zero attached hydrogens (tertiary/aromatic N) is 1. The molecule has 0 aromatic heterocycles. The van der Waals surface area contributed by atoms with Crippen molar-refractivity contribution in [1.82, 2.24) is 5.43 Å². The van der Waals surface area contributed by atoms with Crippen LogP contribution in [0.4, 0.5) is 0 Å². The van der Waals surface area contributed by atoms with Crippen molar-refractivity contribution in [3.05, 3.63) is 59.7 Å². The third kappa shape index (κ3) is 4.84. The summed E-state index contributed by atoms with van der Waals surface area (Å²) in [5.74, 6) is 0.824. The van der Waals surface area contributed by atoms with Gasteiger partial charge in [0.25, 0.3) is 5.91 Å². The summed E-state index contributed by atoms with van der Waals surface area (Å²) in [6.45, 7) is 4.12. The van der Waals surface area contributed by atoms with E-state index in [9.17, 15) is 9.90 Å². The monoisotopic (exact) mass is 326 g/mol. The van der Waals surface area contributed by atoms with Crippen molar-refractivity contribution in [2.75, 3.05) is 6.61 Å². The maximum atomic E-state index is 11.8. The highest BCUT2D eigenvalue weighted by Gasteiger charge is 2.10. The number of hydrogen-bond donors (Lipinski definition) is 2. The van der Waals surface area contributed by atoms with E-state index in [0.29, 0.717) is 17.2 Å². The van der Waals surface area contributed by atoms with Crippen molar-refractivity contribution in [3.63, 3.8) is 0 Å². The van der Waals surface area contributed by atoms with Gasteiger partial charge in [0.1, 0.15) is 11.5 Å². The van der Waals surface area contributed by atoms with E-state index in [1.54, 1.807) is 24.3 Å². The Hall–Kier alpha value is -2.82. The van der Waals surface area contributed by atoms with Crippen LogP contribution in [-0.4, -0.2) is 23.8 Å². The van der Waals surface area contributed by atoms with Gasteiger partial charge in [-0.1, -0.05) is 44.2 Å². The lowest BCUT2D eigenvalue weighted by Crippen LogP contribution is -2.25. The minimum absolute atomic E-state index is 0.106. The summed E-state index contributed by atoms with van der Waals surface area (Å²) in [6.07, 6.45) is 2.39. The van der Waals surface area contributed by atoms with Crippen LogP contribution in [0.3, 0.4) is 0 Å². The van der Waals surface area contributed by atoms with Gasteiger partial charge in [-0.15, -0.1) is 0 Å². The zero-order valence-corrected chi connectivity index (χ0v) is 13.9. The number of hydrazone groups is 1.